The molecule has 0 radical (unpaired) electrons. The third-order valence-electron chi connectivity index (χ3n) is 4.92. The maximum atomic E-state index is 15.3. The van der Waals surface area contributed by atoms with Crippen molar-refractivity contribution in [3.63, 3.8) is 0 Å². The van der Waals surface area contributed by atoms with Crippen LogP contribution in [0.3, 0.4) is 0 Å². The fourth-order valence-corrected chi connectivity index (χ4v) is 3.84. The molecule has 0 saturated heterocycles. The Balaban J connectivity index is 1.93. The Hall–Kier alpha value is -3.75. The molecular weight excluding hydrogens is 471 g/mol. The van der Waals surface area contributed by atoms with E-state index >= 15 is 4.39 Å². The number of halogens is 4. The third kappa shape index (κ3) is 3.73. The van der Waals surface area contributed by atoms with Crippen LogP contribution in [0.4, 0.5) is 14.8 Å². The number of nitrogens with zero attached hydrogens (tertiary/aromatic N) is 4. The van der Waals surface area contributed by atoms with Crippen molar-refractivity contribution in [2.24, 2.45) is 0 Å². The van der Waals surface area contributed by atoms with E-state index in [1.54, 1.807) is 16.7 Å². The van der Waals surface area contributed by atoms with Crippen LogP contribution in [0.25, 0.3) is 39.9 Å². The summed E-state index contributed by atoms with van der Waals surface area (Å²) in [6.07, 6.45) is 0. The summed E-state index contributed by atoms with van der Waals surface area (Å²) in [5.74, 6) is -0.910. The third-order valence-corrected chi connectivity index (χ3v) is 5.50. The first-order valence-electron chi connectivity index (χ1n) is 9.61. The van der Waals surface area contributed by atoms with Gasteiger partial charge in [0.05, 0.1) is 21.4 Å². The van der Waals surface area contributed by atoms with Crippen LogP contribution >= 0.6 is 23.2 Å². The zero-order valence-electron chi connectivity index (χ0n) is 16.6. The molecule has 0 amide bonds. The Kier molecular flexibility index (Phi) is 5.32. The fraction of sp³-hybridized carbons (Fsp3) is 0. The number of hydrogen-bond donors (Lipinski definition) is 1. The zero-order valence-corrected chi connectivity index (χ0v) is 18.1. The quantitative estimate of drug-likeness (QED) is 0.318. The average molecular weight is 484 g/mol. The van der Waals surface area contributed by atoms with E-state index in [0.717, 1.165) is 0 Å². The highest BCUT2D eigenvalue weighted by atomic mass is 35.5. The summed E-state index contributed by atoms with van der Waals surface area (Å²) in [6.45, 7) is 0. The SMILES string of the molecule is Nc1nnc(-c2nc(-c3ccccc3)n(-c3cccc(Cl)c3F)c2-c2ccc(F)c(Cl)c2)o1. The molecule has 5 rings (SSSR count). The summed E-state index contributed by atoms with van der Waals surface area (Å²) in [5.41, 5.74) is 7.40. The normalized spacial score (nSPS) is 11.2. The summed E-state index contributed by atoms with van der Waals surface area (Å²) < 4.78 is 36.2. The molecule has 5 aromatic rings. The lowest BCUT2D eigenvalue weighted by Gasteiger charge is -2.15. The van der Waals surface area contributed by atoms with Gasteiger partial charge in [0.1, 0.15) is 11.6 Å². The van der Waals surface area contributed by atoms with Gasteiger partial charge in [-0.25, -0.2) is 13.8 Å². The summed E-state index contributed by atoms with van der Waals surface area (Å²) in [4.78, 5) is 4.70. The van der Waals surface area contributed by atoms with Gasteiger partial charge < -0.3 is 10.2 Å². The topological polar surface area (TPSA) is 82.8 Å². The van der Waals surface area contributed by atoms with Crippen LogP contribution in [0.15, 0.2) is 71.1 Å². The van der Waals surface area contributed by atoms with Crippen LogP contribution in [0, 0.1) is 11.6 Å². The Morgan fingerprint density at radius 1 is 0.848 bits per heavy atom. The van der Waals surface area contributed by atoms with Gasteiger partial charge in [-0.2, -0.15) is 0 Å². The Morgan fingerprint density at radius 3 is 2.33 bits per heavy atom. The standard InChI is InChI=1S/C23H13Cl2F2N5O/c24-14-7-4-8-17(18(14)27)32-20(13-9-10-16(26)15(25)11-13)19(22-30-31-23(28)33-22)29-21(32)12-5-2-1-3-6-12/h1-11H,(H2,28,31). The van der Waals surface area contributed by atoms with Crippen molar-refractivity contribution in [1.29, 1.82) is 0 Å². The number of rotatable bonds is 4. The van der Waals surface area contributed by atoms with Gasteiger partial charge in [-0.15, -0.1) is 5.10 Å². The van der Waals surface area contributed by atoms with Crippen LogP contribution < -0.4 is 5.73 Å². The highest BCUT2D eigenvalue weighted by Gasteiger charge is 2.27. The highest BCUT2D eigenvalue weighted by molar-refractivity contribution is 6.31. The van der Waals surface area contributed by atoms with Gasteiger partial charge >= 0.3 is 6.01 Å². The van der Waals surface area contributed by atoms with E-state index < -0.39 is 11.6 Å². The van der Waals surface area contributed by atoms with E-state index in [1.807, 2.05) is 30.3 Å². The van der Waals surface area contributed by atoms with Gasteiger partial charge in [0.15, 0.2) is 11.5 Å². The van der Waals surface area contributed by atoms with Crippen LogP contribution in [-0.4, -0.2) is 19.7 Å². The molecule has 3 aromatic carbocycles. The number of anilines is 1. The minimum atomic E-state index is -0.667. The lowest BCUT2D eigenvalue weighted by atomic mass is 10.1. The summed E-state index contributed by atoms with van der Waals surface area (Å²) in [5, 5.41) is 7.46. The Morgan fingerprint density at radius 2 is 1.64 bits per heavy atom. The monoisotopic (exact) mass is 483 g/mol. The molecular formula is C23H13Cl2F2N5O. The van der Waals surface area contributed by atoms with Crippen LogP contribution in [-0.2, 0) is 0 Å². The summed E-state index contributed by atoms with van der Waals surface area (Å²) >= 11 is 12.2. The second-order valence-electron chi connectivity index (χ2n) is 6.98. The van der Waals surface area contributed by atoms with Crippen molar-refractivity contribution in [2.45, 2.75) is 0 Å². The smallest absolute Gasteiger partial charge is 0.313 e. The van der Waals surface area contributed by atoms with Crippen molar-refractivity contribution in [1.82, 2.24) is 19.7 Å². The molecule has 2 aromatic heterocycles. The van der Waals surface area contributed by atoms with Gasteiger partial charge in [0.25, 0.3) is 5.89 Å². The number of imidazole rings is 1. The molecule has 6 nitrogen and oxygen atoms in total. The highest BCUT2D eigenvalue weighted by Crippen LogP contribution is 2.40. The number of nitrogens with two attached hydrogens (primary N) is 1. The van der Waals surface area contributed by atoms with Crippen molar-refractivity contribution >= 4 is 29.2 Å². The molecule has 2 N–H and O–H groups in total. The van der Waals surface area contributed by atoms with Crippen LogP contribution in [0.5, 0.6) is 0 Å². The molecule has 10 heteroatoms. The van der Waals surface area contributed by atoms with Gasteiger partial charge in [-0.3, -0.25) is 4.57 Å². The molecule has 0 aliphatic carbocycles. The molecule has 0 unspecified atom stereocenters. The maximum absolute atomic E-state index is 15.3. The molecule has 0 fully saturated rings. The van der Waals surface area contributed by atoms with Gasteiger partial charge in [-0.1, -0.05) is 64.7 Å². The average Bonchev–Trinajstić information content (AvgIpc) is 3.42. The minimum Gasteiger partial charge on any atom is -0.402 e. The first-order valence-corrected chi connectivity index (χ1v) is 10.4. The van der Waals surface area contributed by atoms with Crippen molar-refractivity contribution in [3.8, 4) is 39.9 Å². The minimum absolute atomic E-state index is 0.00122. The van der Waals surface area contributed by atoms with E-state index in [1.165, 1.54) is 24.3 Å². The van der Waals surface area contributed by atoms with E-state index in [4.69, 9.17) is 38.3 Å². The second kappa shape index (κ2) is 8.31. The Labute approximate surface area is 196 Å². The molecule has 0 spiro atoms. The van der Waals surface area contributed by atoms with Crippen molar-refractivity contribution in [2.75, 3.05) is 5.73 Å². The predicted molar refractivity (Wildman–Crippen MR) is 122 cm³/mol. The largest absolute Gasteiger partial charge is 0.402 e. The van der Waals surface area contributed by atoms with E-state index in [0.29, 0.717) is 22.6 Å². The molecule has 0 aliphatic rings. The summed E-state index contributed by atoms with van der Waals surface area (Å²) in [7, 11) is 0. The van der Waals surface area contributed by atoms with Gasteiger partial charge in [0.2, 0.25) is 0 Å². The van der Waals surface area contributed by atoms with Crippen molar-refractivity contribution in [3.05, 3.63) is 88.4 Å². The fourth-order valence-electron chi connectivity index (χ4n) is 3.49. The zero-order chi connectivity index (χ0) is 23.1. The lowest BCUT2D eigenvalue weighted by Crippen LogP contribution is -2.03. The van der Waals surface area contributed by atoms with E-state index in [2.05, 4.69) is 10.2 Å². The first-order chi connectivity index (χ1) is 15.9. The number of benzene rings is 3. The number of nitrogen functional groups attached to an aromatic ring is 1. The van der Waals surface area contributed by atoms with Gasteiger partial charge in [0, 0.05) is 11.1 Å². The first kappa shape index (κ1) is 21.1. The number of hydrogen-bond acceptors (Lipinski definition) is 5. The molecule has 0 saturated carbocycles. The van der Waals surface area contributed by atoms with Crippen LogP contribution in [0.1, 0.15) is 0 Å². The molecule has 33 heavy (non-hydrogen) atoms. The molecule has 0 aliphatic heterocycles. The second-order valence-corrected chi connectivity index (χ2v) is 7.80. The Bertz CT molecular complexity index is 1480. The molecule has 2 heterocycles. The lowest BCUT2D eigenvalue weighted by molar-refractivity contribution is 0.588. The number of aromatic nitrogens is 4. The maximum Gasteiger partial charge on any atom is 0.313 e. The molecule has 0 bridgehead atoms. The van der Waals surface area contributed by atoms with Gasteiger partial charge in [-0.05, 0) is 30.3 Å². The van der Waals surface area contributed by atoms with E-state index in [9.17, 15) is 4.39 Å². The molecule has 0 atom stereocenters. The predicted octanol–water partition coefficient (Wildman–Crippen LogP) is 6.42. The summed E-state index contributed by atoms with van der Waals surface area (Å²) in [6, 6.07) is 17.7. The van der Waals surface area contributed by atoms with Crippen molar-refractivity contribution < 1.29 is 13.2 Å². The van der Waals surface area contributed by atoms with E-state index in [-0.39, 0.29) is 33.3 Å². The molecule has 164 valence electrons. The van der Waals surface area contributed by atoms with Crippen LogP contribution in [0.2, 0.25) is 10.0 Å².